The van der Waals surface area contributed by atoms with Gasteiger partial charge in [0.1, 0.15) is 61.0 Å². The molecule has 37 heavy (non-hydrogen) atoms. The van der Waals surface area contributed by atoms with Crippen LogP contribution in [0.4, 0.5) is 0 Å². The van der Waals surface area contributed by atoms with E-state index in [4.69, 9.17) is 28.4 Å². The Hall–Kier alpha value is -0.753. The van der Waals surface area contributed by atoms with E-state index in [9.17, 15) is 35.4 Å². The highest BCUT2D eigenvalue weighted by Crippen LogP contribution is 2.30. The summed E-state index contributed by atoms with van der Waals surface area (Å²) in [5, 5.41) is 62.1. The fourth-order valence-electron chi connectivity index (χ4n) is 3.89. The molecule has 218 valence electrons. The molecule has 0 radical (unpaired) electrons. The number of carbonyl (C=O) groups is 1. The molecule has 0 saturated carbocycles. The van der Waals surface area contributed by atoms with E-state index in [2.05, 4.69) is 19.6 Å². The van der Waals surface area contributed by atoms with Crippen LogP contribution in [0.1, 0.15) is 20.8 Å². The predicted octanol–water partition coefficient (Wildman–Crippen LogP) is -1.67. The first-order chi connectivity index (χ1) is 17.1. The third kappa shape index (κ3) is 9.44. The summed E-state index contributed by atoms with van der Waals surface area (Å²) in [5.74, 6) is -0.740. The van der Waals surface area contributed by atoms with E-state index in [-0.39, 0.29) is 0 Å². The van der Waals surface area contributed by atoms with Crippen molar-refractivity contribution in [2.45, 2.75) is 113 Å². The van der Waals surface area contributed by atoms with Crippen molar-refractivity contribution in [3.63, 3.8) is 0 Å². The number of carbonyl (C=O) groups excluding carboxylic acids is 1. The van der Waals surface area contributed by atoms with Crippen molar-refractivity contribution in [3.8, 4) is 0 Å². The molecule has 2 aliphatic heterocycles. The predicted molar refractivity (Wildman–Crippen MR) is 130 cm³/mol. The topological polar surface area (TPSA) is 194 Å². The van der Waals surface area contributed by atoms with Gasteiger partial charge in [-0.3, -0.25) is 0 Å². The summed E-state index contributed by atoms with van der Waals surface area (Å²) in [7, 11) is -1.43. The van der Waals surface area contributed by atoms with E-state index in [1.54, 1.807) is 20.8 Å². The Morgan fingerprint density at radius 1 is 0.811 bits per heavy atom. The van der Waals surface area contributed by atoms with Gasteiger partial charge in [-0.05, 0) is 26.8 Å². The van der Waals surface area contributed by atoms with Crippen LogP contribution in [0.2, 0.25) is 25.7 Å². The Kier molecular flexibility index (Phi) is 11.9. The standard InChI is InChI=1S/C23H44O13Si/c1-23(2,3)36-14(26)11-32-20-15(27)12(9-24)33-22(18(20)30)35-19-13(10-25)34-21(17(29)16(19)28)31-7-8-37(4,5)6/h12-13,15-22,24-25,27-30H,7-11H2,1-6H3/t12-,13-,15+,16-,17-,18-,19-,20+,21-,22+/m1/s1. The molecule has 2 saturated heterocycles. The lowest BCUT2D eigenvalue weighted by Crippen LogP contribution is -2.65. The van der Waals surface area contributed by atoms with Crippen molar-refractivity contribution in [1.29, 1.82) is 0 Å². The van der Waals surface area contributed by atoms with Crippen LogP contribution in [0.5, 0.6) is 0 Å². The van der Waals surface area contributed by atoms with Crippen LogP contribution in [0, 0.1) is 0 Å². The molecule has 2 aliphatic rings. The van der Waals surface area contributed by atoms with E-state index < -0.39 is 101 Å². The summed E-state index contributed by atoms with van der Waals surface area (Å²) in [6.07, 6.45) is -14.4. The van der Waals surface area contributed by atoms with Gasteiger partial charge >= 0.3 is 5.97 Å². The summed E-state index contributed by atoms with van der Waals surface area (Å²) in [6.45, 7) is 9.86. The second-order valence-corrected chi connectivity index (χ2v) is 17.2. The zero-order chi connectivity index (χ0) is 28.1. The van der Waals surface area contributed by atoms with Crippen LogP contribution in [-0.4, -0.2) is 138 Å². The van der Waals surface area contributed by atoms with Crippen molar-refractivity contribution < 1.29 is 63.9 Å². The summed E-state index contributed by atoms with van der Waals surface area (Å²) in [6, 6.07) is 0.789. The number of aliphatic hydroxyl groups excluding tert-OH is 6. The number of aliphatic hydroxyl groups is 6. The van der Waals surface area contributed by atoms with Gasteiger partial charge in [0.2, 0.25) is 0 Å². The molecule has 2 rings (SSSR count). The van der Waals surface area contributed by atoms with Crippen molar-refractivity contribution in [2.75, 3.05) is 26.4 Å². The summed E-state index contributed by atoms with van der Waals surface area (Å²) >= 11 is 0. The van der Waals surface area contributed by atoms with Gasteiger partial charge in [0, 0.05) is 14.7 Å². The summed E-state index contributed by atoms with van der Waals surface area (Å²) in [4.78, 5) is 12.0. The first-order valence-corrected chi connectivity index (χ1v) is 16.1. The Labute approximate surface area is 218 Å². The first kappa shape index (κ1) is 32.5. The molecule has 0 aromatic carbocycles. The fraction of sp³-hybridized carbons (Fsp3) is 0.957. The number of hydrogen-bond acceptors (Lipinski definition) is 13. The molecule has 0 aromatic rings. The zero-order valence-electron chi connectivity index (χ0n) is 22.4. The maximum atomic E-state index is 12.0. The van der Waals surface area contributed by atoms with Crippen LogP contribution in [0.15, 0.2) is 0 Å². The molecule has 0 aliphatic carbocycles. The Morgan fingerprint density at radius 2 is 1.41 bits per heavy atom. The van der Waals surface area contributed by atoms with E-state index >= 15 is 0 Å². The minimum atomic E-state index is -1.69. The number of rotatable bonds is 11. The zero-order valence-corrected chi connectivity index (χ0v) is 23.4. The lowest BCUT2D eigenvalue weighted by atomic mass is 9.97. The van der Waals surface area contributed by atoms with E-state index in [0.29, 0.717) is 6.61 Å². The second-order valence-electron chi connectivity index (χ2n) is 11.6. The van der Waals surface area contributed by atoms with Gasteiger partial charge in [0.15, 0.2) is 12.6 Å². The van der Waals surface area contributed by atoms with Gasteiger partial charge in [-0.25, -0.2) is 4.79 Å². The van der Waals surface area contributed by atoms with E-state index in [1.807, 2.05) is 0 Å². The maximum Gasteiger partial charge on any atom is 0.332 e. The molecule has 13 nitrogen and oxygen atoms in total. The minimum Gasteiger partial charge on any atom is -0.458 e. The average Bonchev–Trinajstić information content (AvgIpc) is 2.77. The molecule has 10 atom stereocenters. The minimum absolute atomic E-state index is 0.297. The maximum absolute atomic E-state index is 12.0. The normalized spacial score (nSPS) is 37.4. The molecule has 0 amide bonds. The van der Waals surface area contributed by atoms with Crippen LogP contribution in [0.3, 0.4) is 0 Å². The highest BCUT2D eigenvalue weighted by atomic mass is 28.3. The Morgan fingerprint density at radius 3 is 1.95 bits per heavy atom. The molecule has 14 heteroatoms. The molecule has 0 aromatic heterocycles. The van der Waals surface area contributed by atoms with E-state index in [1.165, 1.54) is 0 Å². The number of esters is 1. The molecule has 0 spiro atoms. The highest BCUT2D eigenvalue weighted by molar-refractivity contribution is 6.76. The first-order valence-electron chi connectivity index (χ1n) is 12.4. The Bertz CT molecular complexity index is 710. The van der Waals surface area contributed by atoms with Crippen molar-refractivity contribution in [3.05, 3.63) is 0 Å². The van der Waals surface area contributed by atoms with E-state index in [0.717, 1.165) is 6.04 Å². The lowest BCUT2D eigenvalue weighted by Gasteiger charge is -2.46. The van der Waals surface area contributed by atoms with Gasteiger partial charge < -0.3 is 59.1 Å². The van der Waals surface area contributed by atoms with Crippen LogP contribution >= 0.6 is 0 Å². The number of hydrogen-bond donors (Lipinski definition) is 6. The summed E-state index contributed by atoms with van der Waals surface area (Å²) < 4.78 is 33.0. The second kappa shape index (κ2) is 13.5. The lowest BCUT2D eigenvalue weighted by molar-refractivity contribution is -0.361. The van der Waals surface area contributed by atoms with Gasteiger partial charge in [-0.1, -0.05) is 19.6 Å². The van der Waals surface area contributed by atoms with Crippen molar-refractivity contribution >= 4 is 14.0 Å². The smallest absolute Gasteiger partial charge is 0.332 e. The van der Waals surface area contributed by atoms with Gasteiger partial charge in [0.25, 0.3) is 0 Å². The third-order valence-electron chi connectivity index (χ3n) is 5.88. The third-order valence-corrected chi connectivity index (χ3v) is 7.59. The fourth-order valence-corrected chi connectivity index (χ4v) is 4.62. The van der Waals surface area contributed by atoms with Gasteiger partial charge in [0.05, 0.1) is 13.2 Å². The monoisotopic (exact) mass is 556 g/mol. The SMILES string of the molecule is CC(C)(C)OC(=O)CO[C@H]1[C@@H](O)[C@@H](CO)O[C@@H](O[C@H]2[C@H](O)[C@@H](O)[C@H](OCC[Si](C)(C)C)O[C@@H]2CO)[C@@H]1O. The van der Waals surface area contributed by atoms with Crippen molar-refractivity contribution in [1.82, 2.24) is 0 Å². The Balaban J connectivity index is 2.09. The van der Waals surface area contributed by atoms with Crippen LogP contribution in [0.25, 0.3) is 0 Å². The molecule has 2 fully saturated rings. The molecule has 6 N–H and O–H groups in total. The molecule has 2 heterocycles. The molecular formula is C23H44O13Si. The molecule has 0 bridgehead atoms. The summed E-state index contributed by atoms with van der Waals surface area (Å²) in [5.41, 5.74) is -0.778. The number of ether oxygens (including phenoxy) is 6. The van der Waals surface area contributed by atoms with Gasteiger partial charge in [-0.15, -0.1) is 0 Å². The quantitative estimate of drug-likeness (QED) is 0.125. The van der Waals surface area contributed by atoms with Crippen LogP contribution in [-0.2, 0) is 33.2 Å². The largest absolute Gasteiger partial charge is 0.458 e. The van der Waals surface area contributed by atoms with Crippen molar-refractivity contribution in [2.24, 2.45) is 0 Å². The highest BCUT2D eigenvalue weighted by Gasteiger charge is 2.51. The molecular weight excluding hydrogens is 512 g/mol. The van der Waals surface area contributed by atoms with Gasteiger partial charge in [-0.2, -0.15) is 0 Å². The van der Waals surface area contributed by atoms with Crippen LogP contribution < -0.4 is 0 Å². The molecule has 0 unspecified atom stereocenters. The average molecular weight is 557 g/mol.